The average molecular weight is 218 g/mol. The van der Waals surface area contributed by atoms with E-state index in [0.717, 1.165) is 0 Å². The number of nitro groups is 1. The number of Topliss-reactive ketones (excluding diaryl/α,β-unsaturated/α-hetero) is 1. The van der Waals surface area contributed by atoms with Gasteiger partial charge in [0.2, 0.25) is 0 Å². The van der Waals surface area contributed by atoms with Crippen molar-refractivity contribution in [1.82, 2.24) is 0 Å². The molecular formula is C6H5NO3Se. The van der Waals surface area contributed by atoms with Crippen molar-refractivity contribution in [1.29, 1.82) is 0 Å². The number of rotatable bonds is 2. The average Bonchev–Trinajstić information content (AvgIpc) is 2.33. The molecule has 0 spiro atoms. The van der Waals surface area contributed by atoms with Gasteiger partial charge in [-0.15, -0.1) is 0 Å². The first-order valence-electron chi connectivity index (χ1n) is 2.85. The fourth-order valence-corrected chi connectivity index (χ4v) is 2.19. The Hall–Kier alpha value is -0.931. The zero-order valence-corrected chi connectivity index (χ0v) is 7.45. The van der Waals surface area contributed by atoms with E-state index in [0.29, 0.717) is 4.44 Å². The van der Waals surface area contributed by atoms with Crippen LogP contribution < -0.4 is 0 Å². The minimum absolute atomic E-state index is 0.0511. The minimum atomic E-state index is -0.475. The Morgan fingerprint density at radius 1 is 1.73 bits per heavy atom. The van der Waals surface area contributed by atoms with Crippen molar-refractivity contribution in [3.05, 3.63) is 25.6 Å². The first kappa shape index (κ1) is 8.17. The van der Waals surface area contributed by atoms with Gasteiger partial charge in [0.15, 0.2) is 0 Å². The number of carbonyl (C=O) groups excluding carboxylic acids is 1. The summed E-state index contributed by atoms with van der Waals surface area (Å²) in [5, 5.41) is 10.2. The zero-order chi connectivity index (χ0) is 8.43. The molecule has 11 heavy (non-hydrogen) atoms. The van der Waals surface area contributed by atoms with E-state index in [1.807, 2.05) is 0 Å². The molecule has 0 saturated heterocycles. The molecule has 4 nitrogen and oxygen atoms in total. The number of ketones is 1. The van der Waals surface area contributed by atoms with Crippen LogP contribution in [-0.4, -0.2) is 25.2 Å². The van der Waals surface area contributed by atoms with Gasteiger partial charge < -0.3 is 0 Å². The summed E-state index contributed by atoms with van der Waals surface area (Å²) in [6.07, 6.45) is 0. The molecular weight excluding hydrogens is 213 g/mol. The zero-order valence-electron chi connectivity index (χ0n) is 5.73. The molecule has 0 aliphatic carbocycles. The molecule has 0 bridgehead atoms. The summed E-state index contributed by atoms with van der Waals surface area (Å²) in [6.45, 7) is 1.42. The fourth-order valence-electron chi connectivity index (χ4n) is 0.607. The fraction of sp³-hybridized carbons (Fsp3) is 0.167. The molecule has 0 radical (unpaired) electrons. The van der Waals surface area contributed by atoms with Crippen molar-refractivity contribution in [2.24, 2.45) is 0 Å². The molecule has 5 heteroatoms. The molecule has 1 aromatic rings. The summed E-state index contributed by atoms with van der Waals surface area (Å²) in [4.78, 5) is 21.9. The van der Waals surface area contributed by atoms with Crippen molar-refractivity contribution in [3.8, 4) is 0 Å². The summed E-state index contributed by atoms with van der Waals surface area (Å²) < 4.78 is 0.573. The van der Waals surface area contributed by atoms with Gasteiger partial charge in [-0.2, -0.15) is 0 Å². The molecule has 58 valence electrons. The molecule has 1 aromatic heterocycles. The molecule has 0 unspecified atom stereocenters. The third-order valence-electron chi connectivity index (χ3n) is 1.14. The predicted octanol–water partition coefficient (Wildman–Crippen LogP) is 0.854. The first-order valence-corrected chi connectivity index (χ1v) is 4.69. The van der Waals surface area contributed by atoms with E-state index in [1.165, 1.54) is 17.9 Å². The molecule has 0 atom stereocenters. The third kappa shape index (κ3) is 1.76. The van der Waals surface area contributed by atoms with Crippen LogP contribution in [0.2, 0.25) is 0 Å². The number of carbonyl (C=O) groups is 1. The van der Waals surface area contributed by atoms with E-state index in [-0.39, 0.29) is 26.0 Å². The normalized spacial score (nSPS) is 9.55. The molecule has 0 aliphatic heterocycles. The van der Waals surface area contributed by atoms with Crippen molar-refractivity contribution >= 4 is 26.0 Å². The third-order valence-corrected chi connectivity index (χ3v) is 3.28. The second-order valence-corrected chi connectivity index (χ2v) is 3.89. The Labute approximate surface area is 68.7 Å². The summed E-state index contributed by atoms with van der Waals surface area (Å²) in [5.41, 5.74) is 0.0511. The predicted molar refractivity (Wildman–Crippen MR) is 40.0 cm³/mol. The molecule has 0 saturated carbocycles. The van der Waals surface area contributed by atoms with Crippen LogP contribution in [0, 0.1) is 10.1 Å². The van der Waals surface area contributed by atoms with Crippen LogP contribution in [0.4, 0.5) is 5.69 Å². The Balaban J connectivity index is 2.99. The van der Waals surface area contributed by atoms with Gasteiger partial charge in [0.25, 0.3) is 0 Å². The van der Waals surface area contributed by atoms with Gasteiger partial charge in [0, 0.05) is 0 Å². The molecule has 1 heterocycles. The molecule has 1 rings (SSSR count). The maximum atomic E-state index is 10.7. The Morgan fingerprint density at radius 3 is 2.64 bits per heavy atom. The van der Waals surface area contributed by atoms with Gasteiger partial charge in [0.05, 0.1) is 0 Å². The second-order valence-electron chi connectivity index (χ2n) is 1.98. The monoisotopic (exact) mass is 219 g/mol. The van der Waals surface area contributed by atoms with E-state index >= 15 is 0 Å². The van der Waals surface area contributed by atoms with E-state index in [1.54, 1.807) is 0 Å². The van der Waals surface area contributed by atoms with Crippen molar-refractivity contribution in [2.75, 3.05) is 0 Å². The van der Waals surface area contributed by atoms with Gasteiger partial charge >= 0.3 is 68.2 Å². The number of hydrogen-bond donors (Lipinski definition) is 0. The topological polar surface area (TPSA) is 60.2 Å². The van der Waals surface area contributed by atoms with Crippen LogP contribution in [-0.2, 0) is 0 Å². The van der Waals surface area contributed by atoms with Crippen molar-refractivity contribution in [2.45, 2.75) is 6.92 Å². The molecule has 0 N–H and O–H groups in total. The summed E-state index contributed by atoms with van der Waals surface area (Å²) in [6, 6.07) is 1.35. The van der Waals surface area contributed by atoms with E-state index in [9.17, 15) is 14.9 Å². The Morgan fingerprint density at radius 2 is 2.36 bits per heavy atom. The Kier molecular flexibility index (Phi) is 2.22. The van der Waals surface area contributed by atoms with Crippen LogP contribution >= 0.6 is 0 Å². The summed E-state index contributed by atoms with van der Waals surface area (Å²) in [5.74, 6) is -0.0712. The number of hydrogen-bond acceptors (Lipinski definition) is 3. The quantitative estimate of drug-likeness (QED) is 0.320. The summed E-state index contributed by atoms with van der Waals surface area (Å²) >= 11 is -0.131. The van der Waals surface area contributed by atoms with Crippen LogP contribution in [0.5, 0.6) is 0 Å². The first-order chi connectivity index (χ1) is 5.11. The molecule has 0 fully saturated rings. The van der Waals surface area contributed by atoms with Gasteiger partial charge in [-0.3, -0.25) is 0 Å². The Bertz CT molecular complexity index is 276. The van der Waals surface area contributed by atoms with Crippen molar-refractivity contribution in [3.63, 3.8) is 0 Å². The van der Waals surface area contributed by atoms with Gasteiger partial charge in [-0.1, -0.05) is 0 Å². The van der Waals surface area contributed by atoms with E-state index in [2.05, 4.69) is 0 Å². The van der Waals surface area contributed by atoms with E-state index in [4.69, 9.17) is 0 Å². The summed E-state index contributed by atoms with van der Waals surface area (Å²) in [7, 11) is 0. The standard InChI is InChI=1S/C6H5NO3Se/c1-4(8)6-2-5(3-11-6)7(9)10/h2-3H,1H3. The van der Waals surface area contributed by atoms with Crippen LogP contribution in [0.25, 0.3) is 0 Å². The van der Waals surface area contributed by atoms with Crippen LogP contribution in [0.3, 0.4) is 0 Å². The van der Waals surface area contributed by atoms with Crippen LogP contribution in [0.1, 0.15) is 16.2 Å². The van der Waals surface area contributed by atoms with Gasteiger partial charge in [-0.25, -0.2) is 0 Å². The van der Waals surface area contributed by atoms with Crippen LogP contribution in [0.15, 0.2) is 11.0 Å². The van der Waals surface area contributed by atoms with Gasteiger partial charge in [0.1, 0.15) is 0 Å². The SMILES string of the molecule is CC(=O)c1cc([N+](=O)[O-])c[se]1. The maximum absolute atomic E-state index is 10.7. The second kappa shape index (κ2) is 2.98. The van der Waals surface area contributed by atoms with E-state index < -0.39 is 4.92 Å². The molecule has 0 aromatic carbocycles. The number of nitrogens with zero attached hydrogens (tertiary/aromatic N) is 1. The van der Waals surface area contributed by atoms with Crippen molar-refractivity contribution < 1.29 is 9.72 Å². The molecule has 0 aliphatic rings. The molecule has 0 amide bonds. The van der Waals surface area contributed by atoms with Gasteiger partial charge in [-0.05, 0) is 0 Å².